The predicted molar refractivity (Wildman–Crippen MR) is 67.3 cm³/mol. The normalized spacial score (nSPS) is 11.9. The minimum Gasteiger partial charge on any atom is -0.490 e. The van der Waals surface area contributed by atoms with Gasteiger partial charge >= 0.3 is 0 Å². The largest absolute Gasteiger partial charge is 0.490 e. The first-order valence-corrected chi connectivity index (χ1v) is 5.86. The van der Waals surface area contributed by atoms with Crippen LogP contribution in [0.25, 0.3) is 0 Å². The van der Waals surface area contributed by atoms with Gasteiger partial charge in [0.1, 0.15) is 0 Å². The Morgan fingerprint density at radius 3 is 2.69 bits per heavy atom. The molecule has 16 heavy (non-hydrogen) atoms. The topological polar surface area (TPSA) is 18.5 Å². The highest BCUT2D eigenvalue weighted by Crippen LogP contribution is 2.28. The predicted octanol–water partition coefficient (Wildman–Crippen LogP) is 4.00. The van der Waals surface area contributed by atoms with Crippen LogP contribution in [0.2, 0.25) is 0 Å². The summed E-state index contributed by atoms with van der Waals surface area (Å²) in [4.78, 5) is 0. The summed E-state index contributed by atoms with van der Waals surface area (Å²) in [7, 11) is 0. The molecule has 3 heteroatoms. The number of para-hydroxylation sites is 2. The third-order valence-electron chi connectivity index (χ3n) is 2.03. The summed E-state index contributed by atoms with van der Waals surface area (Å²) in [6, 6.07) is 7.50. The molecule has 0 aliphatic carbocycles. The summed E-state index contributed by atoms with van der Waals surface area (Å²) < 4.78 is 11.1. The third-order valence-corrected chi connectivity index (χ3v) is 2.30. The summed E-state index contributed by atoms with van der Waals surface area (Å²) in [5.41, 5.74) is -0.532. The van der Waals surface area contributed by atoms with Gasteiger partial charge in [0.05, 0.1) is 6.61 Å². The van der Waals surface area contributed by atoms with E-state index >= 15 is 0 Å². The van der Waals surface area contributed by atoms with Gasteiger partial charge in [0, 0.05) is 0 Å². The van der Waals surface area contributed by atoms with Crippen LogP contribution >= 0.6 is 11.6 Å². The van der Waals surface area contributed by atoms with E-state index in [2.05, 4.69) is 13.5 Å². The van der Waals surface area contributed by atoms with Gasteiger partial charge in [-0.2, -0.15) is 0 Å². The molecule has 2 nitrogen and oxygen atoms in total. The fourth-order valence-electron chi connectivity index (χ4n) is 1.16. The Morgan fingerprint density at radius 1 is 1.38 bits per heavy atom. The Bertz CT molecular complexity index is 325. The van der Waals surface area contributed by atoms with Crippen LogP contribution < -0.4 is 9.47 Å². The SMILES string of the molecule is C=CC(Cl)Oc1ccccc1OCCCC. The summed E-state index contributed by atoms with van der Waals surface area (Å²) in [5, 5.41) is 0. The molecule has 0 bridgehead atoms. The van der Waals surface area contributed by atoms with Crippen molar-refractivity contribution in [1.82, 2.24) is 0 Å². The van der Waals surface area contributed by atoms with E-state index in [-0.39, 0.29) is 0 Å². The lowest BCUT2D eigenvalue weighted by Crippen LogP contribution is -2.06. The standard InChI is InChI=1S/C13H17ClO2/c1-3-5-10-15-11-8-6-7-9-12(11)16-13(14)4-2/h4,6-9,13H,2-3,5,10H2,1H3. The van der Waals surface area contributed by atoms with Gasteiger partial charge in [0.15, 0.2) is 17.1 Å². The van der Waals surface area contributed by atoms with Crippen molar-refractivity contribution >= 4 is 11.6 Å². The quantitative estimate of drug-likeness (QED) is 0.408. The van der Waals surface area contributed by atoms with Gasteiger partial charge < -0.3 is 9.47 Å². The molecule has 1 rings (SSSR count). The Morgan fingerprint density at radius 2 is 2.06 bits per heavy atom. The lowest BCUT2D eigenvalue weighted by molar-refractivity contribution is 0.267. The van der Waals surface area contributed by atoms with Crippen LogP contribution in [-0.4, -0.2) is 12.2 Å². The number of halogens is 1. The maximum atomic E-state index is 5.84. The van der Waals surface area contributed by atoms with Gasteiger partial charge in [-0.05, 0) is 24.6 Å². The summed E-state index contributed by atoms with van der Waals surface area (Å²) >= 11 is 5.84. The van der Waals surface area contributed by atoms with Crippen molar-refractivity contribution in [2.24, 2.45) is 0 Å². The van der Waals surface area contributed by atoms with E-state index in [0.29, 0.717) is 12.4 Å². The minimum absolute atomic E-state index is 0.532. The van der Waals surface area contributed by atoms with Crippen LogP contribution in [0.15, 0.2) is 36.9 Å². The molecule has 0 N–H and O–H groups in total. The zero-order chi connectivity index (χ0) is 11.8. The molecule has 1 aromatic rings. The number of ether oxygens (including phenoxy) is 2. The van der Waals surface area contributed by atoms with Gasteiger partial charge in [-0.3, -0.25) is 0 Å². The first kappa shape index (κ1) is 12.9. The summed E-state index contributed by atoms with van der Waals surface area (Å²) in [6.45, 7) is 6.38. The van der Waals surface area contributed by atoms with Crippen molar-refractivity contribution in [3.8, 4) is 11.5 Å². The lowest BCUT2D eigenvalue weighted by atomic mass is 10.3. The summed E-state index contributed by atoms with van der Waals surface area (Å²) in [5.74, 6) is 1.38. The van der Waals surface area contributed by atoms with E-state index in [0.717, 1.165) is 18.6 Å². The van der Waals surface area contributed by atoms with Crippen LogP contribution in [0.4, 0.5) is 0 Å². The number of benzene rings is 1. The molecular formula is C13H17ClO2. The molecule has 0 saturated carbocycles. The number of unbranched alkanes of at least 4 members (excludes halogenated alkanes) is 1. The zero-order valence-corrected chi connectivity index (χ0v) is 10.2. The molecule has 0 amide bonds. The van der Waals surface area contributed by atoms with Crippen LogP contribution in [0.5, 0.6) is 11.5 Å². The highest BCUT2D eigenvalue weighted by atomic mass is 35.5. The van der Waals surface area contributed by atoms with Crippen LogP contribution in [0, 0.1) is 0 Å². The second-order valence-corrected chi connectivity index (χ2v) is 3.78. The van der Waals surface area contributed by atoms with E-state index in [1.165, 1.54) is 6.08 Å². The lowest BCUT2D eigenvalue weighted by Gasteiger charge is -2.13. The van der Waals surface area contributed by atoms with Crippen LogP contribution in [-0.2, 0) is 0 Å². The first-order chi connectivity index (χ1) is 7.77. The van der Waals surface area contributed by atoms with E-state index in [9.17, 15) is 0 Å². The summed E-state index contributed by atoms with van der Waals surface area (Å²) in [6.07, 6.45) is 3.66. The van der Waals surface area contributed by atoms with E-state index in [1.807, 2.05) is 24.3 Å². The number of hydrogen-bond acceptors (Lipinski definition) is 2. The third kappa shape index (κ3) is 4.15. The fourth-order valence-corrected chi connectivity index (χ4v) is 1.26. The van der Waals surface area contributed by atoms with E-state index < -0.39 is 5.56 Å². The number of hydrogen-bond donors (Lipinski definition) is 0. The molecule has 88 valence electrons. The van der Waals surface area contributed by atoms with Gasteiger partial charge in [-0.1, -0.05) is 43.7 Å². The van der Waals surface area contributed by atoms with Crippen molar-refractivity contribution in [3.63, 3.8) is 0 Å². The minimum atomic E-state index is -0.532. The molecule has 1 aromatic carbocycles. The average molecular weight is 241 g/mol. The molecule has 1 unspecified atom stereocenters. The van der Waals surface area contributed by atoms with Crippen molar-refractivity contribution < 1.29 is 9.47 Å². The number of alkyl halides is 1. The average Bonchev–Trinajstić information content (AvgIpc) is 2.31. The van der Waals surface area contributed by atoms with Crippen molar-refractivity contribution in [2.45, 2.75) is 25.3 Å². The monoisotopic (exact) mass is 240 g/mol. The maximum absolute atomic E-state index is 5.84. The Kier molecular flexibility index (Phi) is 5.79. The maximum Gasteiger partial charge on any atom is 0.190 e. The van der Waals surface area contributed by atoms with Gasteiger partial charge in [-0.15, -0.1) is 0 Å². The Labute approximate surface area is 102 Å². The van der Waals surface area contributed by atoms with Crippen molar-refractivity contribution in [1.29, 1.82) is 0 Å². The molecule has 1 atom stereocenters. The highest BCUT2D eigenvalue weighted by molar-refractivity contribution is 6.20. The molecule has 0 aliphatic heterocycles. The molecule has 0 radical (unpaired) electrons. The molecule has 0 fully saturated rings. The van der Waals surface area contributed by atoms with Gasteiger partial charge in [0.2, 0.25) is 0 Å². The van der Waals surface area contributed by atoms with Crippen LogP contribution in [0.3, 0.4) is 0 Å². The Balaban J connectivity index is 2.63. The van der Waals surface area contributed by atoms with Crippen molar-refractivity contribution in [2.75, 3.05) is 6.61 Å². The fraction of sp³-hybridized carbons (Fsp3) is 0.385. The van der Waals surface area contributed by atoms with E-state index in [4.69, 9.17) is 21.1 Å². The second-order valence-electron chi connectivity index (χ2n) is 3.35. The highest BCUT2D eigenvalue weighted by Gasteiger charge is 2.07. The molecule has 0 heterocycles. The smallest absolute Gasteiger partial charge is 0.190 e. The molecule has 0 aliphatic rings. The zero-order valence-electron chi connectivity index (χ0n) is 9.49. The van der Waals surface area contributed by atoms with Crippen LogP contribution in [0.1, 0.15) is 19.8 Å². The van der Waals surface area contributed by atoms with Gasteiger partial charge in [-0.25, -0.2) is 0 Å². The Hall–Kier alpha value is -1.15. The van der Waals surface area contributed by atoms with Crippen molar-refractivity contribution in [3.05, 3.63) is 36.9 Å². The molecule has 0 spiro atoms. The number of rotatable bonds is 7. The van der Waals surface area contributed by atoms with E-state index in [1.54, 1.807) is 0 Å². The second kappa shape index (κ2) is 7.18. The van der Waals surface area contributed by atoms with Gasteiger partial charge in [0.25, 0.3) is 0 Å². The molecule has 0 aromatic heterocycles. The molecule has 0 saturated heterocycles. The molecular weight excluding hydrogens is 224 g/mol. The first-order valence-electron chi connectivity index (χ1n) is 5.43.